The van der Waals surface area contributed by atoms with Crippen LogP contribution < -0.4 is 18.9 Å². The summed E-state index contributed by atoms with van der Waals surface area (Å²) >= 11 is 0. The molecule has 0 bridgehead atoms. The molecule has 276 valence electrons. The Morgan fingerprint density at radius 3 is 1.17 bits per heavy atom. The van der Waals surface area contributed by atoms with Crippen LogP contribution in [0.25, 0.3) is 22.3 Å². The number of rotatable bonds is 10. The van der Waals surface area contributed by atoms with Gasteiger partial charge < -0.3 is 18.9 Å². The quantitative estimate of drug-likeness (QED) is 0.133. The van der Waals surface area contributed by atoms with E-state index in [9.17, 15) is 0 Å². The zero-order chi connectivity index (χ0) is 38.2. The number of methoxy groups -OCH3 is 4. The molecule has 7 heteroatoms. The molecule has 2 atom stereocenters. The molecule has 0 N–H and O–H groups in total. The van der Waals surface area contributed by atoms with E-state index in [4.69, 9.17) is 18.9 Å². The summed E-state index contributed by atoms with van der Waals surface area (Å²) in [5.41, 5.74) is 13.2. The minimum absolute atomic E-state index is 0.472. The van der Waals surface area contributed by atoms with E-state index < -0.39 is 24.7 Å². The van der Waals surface area contributed by atoms with Crippen LogP contribution in [0.4, 0.5) is 0 Å². The number of ether oxygens (including phenoxy) is 4. The standard InChI is InChI=1S/C46H51O6P/c1-27-17-29(3)43(30(4)18-27)39-13-11-14-40(44-31(5)19-28(2)20-32(44)6)45(39)46(53(47)48)41(33-21-35(49-7)25-36(22-33)50-8)15-12-16-42(46)34-23-37(51-9)26-38(24-34)52-10/h11,13-14,17-26,41-42H,12,15-16H2,1-10H3. The van der Waals surface area contributed by atoms with Gasteiger partial charge in [0.15, 0.2) is 0 Å². The van der Waals surface area contributed by atoms with Gasteiger partial charge in [0.25, 0.3) is 0 Å². The molecule has 5 aromatic rings. The van der Waals surface area contributed by atoms with Gasteiger partial charge in [-0.2, -0.15) is 0 Å². The second-order valence-corrected chi connectivity index (χ2v) is 15.9. The first-order chi connectivity index (χ1) is 25.4. The van der Waals surface area contributed by atoms with Crippen molar-refractivity contribution in [1.82, 2.24) is 0 Å². The van der Waals surface area contributed by atoms with Gasteiger partial charge in [-0.15, -0.1) is 0 Å². The summed E-state index contributed by atoms with van der Waals surface area (Å²) in [7, 11) is 3.33. The lowest BCUT2D eigenvalue weighted by molar-refractivity contribution is 0.280. The molecule has 1 aliphatic carbocycles. The normalized spacial score (nSPS) is 18.4. The Morgan fingerprint density at radius 2 is 0.868 bits per heavy atom. The fourth-order valence-electron chi connectivity index (χ4n) is 9.42. The smallest absolute Gasteiger partial charge is 0.327 e. The van der Waals surface area contributed by atoms with Gasteiger partial charge in [-0.3, -0.25) is 0 Å². The van der Waals surface area contributed by atoms with Crippen LogP contribution in [0.15, 0.2) is 78.9 Å². The van der Waals surface area contributed by atoms with E-state index in [2.05, 4.69) is 84.0 Å². The number of benzene rings is 5. The Bertz CT molecular complexity index is 2010. The molecule has 0 aliphatic heterocycles. The molecule has 1 aliphatic rings. The van der Waals surface area contributed by atoms with Crippen molar-refractivity contribution in [3.8, 4) is 45.3 Å². The Kier molecular flexibility index (Phi) is 10.9. The maximum Gasteiger partial charge on any atom is 0.327 e. The van der Waals surface area contributed by atoms with Crippen LogP contribution in [-0.4, -0.2) is 28.4 Å². The highest BCUT2D eigenvalue weighted by Crippen LogP contribution is 2.67. The minimum Gasteiger partial charge on any atom is -0.497 e. The highest BCUT2D eigenvalue weighted by molar-refractivity contribution is 7.32. The Labute approximate surface area is 315 Å². The summed E-state index contributed by atoms with van der Waals surface area (Å²) in [6, 6.07) is 26.8. The van der Waals surface area contributed by atoms with E-state index in [1.165, 1.54) is 0 Å². The highest BCUT2D eigenvalue weighted by Gasteiger charge is 2.57. The van der Waals surface area contributed by atoms with Crippen LogP contribution in [-0.2, 0) is 14.3 Å². The molecule has 0 heterocycles. The molecule has 0 aromatic heterocycles. The van der Waals surface area contributed by atoms with Crippen molar-refractivity contribution in [2.45, 2.75) is 77.8 Å². The second-order valence-electron chi connectivity index (χ2n) is 14.7. The Morgan fingerprint density at radius 1 is 0.528 bits per heavy atom. The van der Waals surface area contributed by atoms with Crippen molar-refractivity contribution in [2.24, 2.45) is 0 Å². The second kappa shape index (κ2) is 15.3. The van der Waals surface area contributed by atoms with Crippen LogP contribution in [0, 0.1) is 41.5 Å². The van der Waals surface area contributed by atoms with Crippen LogP contribution in [0.3, 0.4) is 0 Å². The van der Waals surface area contributed by atoms with E-state index in [1.807, 2.05) is 36.4 Å². The lowest BCUT2D eigenvalue weighted by atomic mass is 9.61. The molecule has 0 radical (unpaired) electrons. The third-order valence-corrected chi connectivity index (χ3v) is 12.7. The lowest BCUT2D eigenvalue weighted by Crippen LogP contribution is -2.40. The Balaban J connectivity index is 1.87. The van der Waals surface area contributed by atoms with Gasteiger partial charge in [0.2, 0.25) is 0 Å². The SMILES string of the molecule is COc1cc(OC)cc(C2CCCC(c3cc(OC)cc(OC)c3)C2(c2c(-c3c(C)cc(C)cc3C)cccc2-c2c(C)cc(C)cc2C)P(=O)=O)c1. The largest absolute Gasteiger partial charge is 0.497 e. The average molecular weight is 731 g/mol. The van der Waals surface area contributed by atoms with Crippen molar-refractivity contribution in [3.05, 3.63) is 129 Å². The summed E-state index contributed by atoms with van der Waals surface area (Å²) in [6.45, 7) is 12.7. The molecular weight excluding hydrogens is 679 g/mol. The molecule has 1 fully saturated rings. The highest BCUT2D eigenvalue weighted by atomic mass is 31.1. The van der Waals surface area contributed by atoms with Gasteiger partial charge in [0.05, 0.1) is 28.4 Å². The van der Waals surface area contributed by atoms with Gasteiger partial charge in [-0.25, -0.2) is 9.13 Å². The van der Waals surface area contributed by atoms with Gasteiger partial charge >= 0.3 is 7.68 Å². The molecule has 5 aromatic carbocycles. The fourth-order valence-corrected chi connectivity index (χ4v) is 10.9. The molecule has 0 saturated heterocycles. The van der Waals surface area contributed by atoms with Crippen molar-refractivity contribution < 1.29 is 28.1 Å². The van der Waals surface area contributed by atoms with Crippen molar-refractivity contribution in [2.75, 3.05) is 28.4 Å². The molecule has 6 nitrogen and oxygen atoms in total. The van der Waals surface area contributed by atoms with Crippen LogP contribution >= 0.6 is 7.68 Å². The third-order valence-electron chi connectivity index (χ3n) is 11.3. The van der Waals surface area contributed by atoms with E-state index in [1.54, 1.807) is 28.4 Å². The van der Waals surface area contributed by atoms with E-state index in [0.29, 0.717) is 35.8 Å². The summed E-state index contributed by atoms with van der Waals surface area (Å²) in [5.74, 6) is 1.51. The third kappa shape index (κ3) is 6.79. The van der Waals surface area contributed by atoms with E-state index in [0.717, 1.165) is 78.7 Å². The molecule has 0 amide bonds. The van der Waals surface area contributed by atoms with Gasteiger partial charge in [0.1, 0.15) is 28.2 Å². The first kappa shape index (κ1) is 37.9. The fraction of sp³-hybridized carbons (Fsp3) is 0.348. The van der Waals surface area contributed by atoms with Crippen LogP contribution in [0.1, 0.15) is 81.2 Å². The molecule has 0 spiro atoms. The number of hydrogen-bond donors (Lipinski definition) is 0. The summed E-state index contributed by atoms with van der Waals surface area (Å²) in [6.07, 6.45) is 2.09. The lowest BCUT2D eigenvalue weighted by Gasteiger charge is -2.48. The predicted molar refractivity (Wildman–Crippen MR) is 214 cm³/mol. The summed E-state index contributed by atoms with van der Waals surface area (Å²) in [5, 5.41) is -1.44. The van der Waals surface area contributed by atoms with Crippen molar-refractivity contribution in [3.63, 3.8) is 0 Å². The molecule has 2 unspecified atom stereocenters. The molecular formula is C46H51O6P. The molecule has 53 heavy (non-hydrogen) atoms. The number of aryl methyl sites for hydroxylation is 6. The summed E-state index contributed by atoms with van der Waals surface area (Å²) < 4.78 is 53.6. The van der Waals surface area contributed by atoms with E-state index >= 15 is 9.13 Å². The van der Waals surface area contributed by atoms with Crippen molar-refractivity contribution >= 4 is 7.68 Å². The van der Waals surface area contributed by atoms with Gasteiger partial charge in [0, 0.05) is 24.0 Å². The first-order valence-electron chi connectivity index (χ1n) is 18.3. The number of hydrogen-bond acceptors (Lipinski definition) is 6. The minimum atomic E-state index is -3.19. The topological polar surface area (TPSA) is 71.1 Å². The molecule has 1 saturated carbocycles. The zero-order valence-electron chi connectivity index (χ0n) is 32.7. The predicted octanol–water partition coefficient (Wildman–Crippen LogP) is 12.0. The maximum absolute atomic E-state index is 15.2. The average Bonchev–Trinajstić information content (AvgIpc) is 3.13. The molecule has 6 rings (SSSR count). The maximum atomic E-state index is 15.2. The van der Waals surface area contributed by atoms with Gasteiger partial charge in [-0.05, 0) is 140 Å². The first-order valence-corrected chi connectivity index (χ1v) is 19.5. The zero-order valence-corrected chi connectivity index (χ0v) is 33.6. The summed E-state index contributed by atoms with van der Waals surface area (Å²) in [4.78, 5) is 0. The van der Waals surface area contributed by atoms with Crippen LogP contribution in [0.2, 0.25) is 0 Å². The van der Waals surface area contributed by atoms with Crippen molar-refractivity contribution in [1.29, 1.82) is 0 Å². The van der Waals surface area contributed by atoms with Crippen LogP contribution in [0.5, 0.6) is 23.0 Å². The van der Waals surface area contributed by atoms with Gasteiger partial charge in [-0.1, -0.05) is 60.0 Å². The van der Waals surface area contributed by atoms with E-state index in [-0.39, 0.29) is 0 Å². The monoisotopic (exact) mass is 730 g/mol. The Hall–Kier alpha value is -4.80.